The normalized spacial score (nSPS) is 10.7. The van der Waals surface area contributed by atoms with E-state index in [1.54, 1.807) is 18.2 Å². The zero-order chi connectivity index (χ0) is 18.1. The molecule has 0 saturated carbocycles. The van der Waals surface area contributed by atoms with Crippen LogP contribution in [0.3, 0.4) is 0 Å². The van der Waals surface area contributed by atoms with E-state index < -0.39 is 17.2 Å². The first-order chi connectivity index (χ1) is 11.9. The minimum atomic E-state index is -0.789. The van der Waals surface area contributed by atoms with Gasteiger partial charge in [-0.3, -0.25) is 14.2 Å². The lowest BCUT2D eigenvalue weighted by molar-refractivity contribution is 0.0949. The zero-order valence-electron chi connectivity index (χ0n) is 13.1. The zero-order valence-corrected chi connectivity index (χ0v) is 14.6. The summed E-state index contributed by atoms with van der Waals surface area (Å²) in [5, 5.41) is 0.665. The van der Waals surface area contributed by atoms with Crippen LogP contribution < -0.4 is 11.2 Å². The maximum Gasteiger partial charge on any atom is 0.342 e. The lowest BCUT2D eigenvalue weighted by Crippen LogP contribution is -2.44. The van der Waals surface area contributed by atoms with Crippen LogP contribution in [0.1, 0.15) is 15.9 Å². The summed E-state index contributed by atoms with van der Waals surface area (Å²) >= 11 is 12.0. The summed E-state index contributed by atoms with van der Waals surface area (Å²) in [5.41, 5.74) is -0.616. The molecule has 0 N–H and O–H groups in total. The average Bonchev–Trinajstić information content (AvgIpc) is 2.58. The van der Waals surface area contributed by atoms with Crippen LogP contribution in [0.15, 0.2) is 64.3 Å². The number of hydrogen-bond acceptors (Lipinski definition) is 3. The van der Waals surface area contributed by atoms with E-state index in [1.807, 2.05) is 0 Å². The Morgan fingerprint density at radius 2 is 1.56 bits per heavy atom. The molecule has 3 aromatic rings. The maximum atomic E-state index is 12.8. The number of rotatable bonds is 2. The van der Waals surface area contributed by atoms with Gasteiger partial charge in [0.05, 0.1) is 5.69 Å². The van der Waals surface area contributed by atoms with Crippen LogP contribution in [0.25, 0.3) is 5.69 Å². The number of nitrogens with zero attached hydrogens (tertiary/aromatic N) is 2. The Morgan fingerprint density at radius 1 is 0.960 bits per heavy atom. The van der Waals surface area contributed by atoms with E-state index in [9.17, 15) is 14.4 Å². The van der Waals surface area contributed by atoms with E-state index in [-0.39, 0.29) is 11.1 Å². The number of carbonyl (C=O) groups excluding carboxylic acids is 1. The van der Waals surface area contributed by atoms with Gasteiger partial charge in [0.1, 0.15) is 0 Å². The van der Waals surface area contributed by atoms with E-state index in [4.69, 9.17) is 23.2 Å². The van der Waals surface area contributed by atoms with E-state index >= 15 is 0 Å². The van der Waals surface area contributed by atoms with Gasteiger partial charge in [-0.05, 0) is 37.3 Å². The number of carbonyl (C=O) groups is 1. The maximum absolute atomic E-state index is 12.8. The molecule has 0 aliphatic carbocycles. The van der Waals surface area contributed by atoms with E-state index in [0.717, 1.165) is 0 Å². The summed E-state index contributed by atoms with van der Waals surface area (Å²) in [4.78, 5) is 37.9. The SMILES string of the molecule is Cc1cn(-c2cc(Cl)cc(Cl)c2)c(=O)n(C(=O)c2ccccc2)c1=O. The topological polar surface area (TPSA) is 61.1 Å². The molecule has 0 radical (unpaired) electrons. The lowest BCUT2D eigenvalue weighted by Gasteiger charge is -2.11. The first-order valence-electron chi connectivity index (χ1n) is 7.30. The second-order valence-corrected chi connectivity index (χ2v) is 6.28. The summed E-state index contributed by atoms with van der Waals surface area (Å²) in [6, 6.07) is 12.7. The van der Waals surface area contributed by atoms with Crippen molar-refractivity contribution in [2.75, 3.05) is 0 Å². The third-order valence-corrected chi connectivity index (χ3v) is 4.05. The van der Waals surface area contributed by atoms with Crippen molar-refractivity contribution in [1.82, 2.24) is 9.13 Å². The van der Waals surface area contributed by atoms with Crippen LogP contribution in [0.2, 0.25) is 10.0 Å². The molecule has 0 atom stereocenters. The molecular formula is C18H12Cl2N2O3. The van der Waals surface area contributed by atoms with Gasteiger partial charge in [0.15, 0.2) is 0 Å². The van der Waals surface area contributed by atoms with Crippen LogP contribution in [-0.2, 0) is 0 Å². The number of aryl methyl sites for hydroxylation is 1. The van der Waals surface area contributed by atoms with Crippen molar-refractivity contribution in [2.45, 2.75) is 6.92 Å². The largest absolute Gasteiger partial charge is 0.342 e. The quantitative estimate of drug-likeness (QED) is 0.691. The molecule has 3 rings (SSSR count). The van der Waals surface area contributed by atoms with Gasteiger partial charge in [-0.15, -0.1) is 0 Å². The van der Waals surface area contributed by atoms with Crippen molar-refractivity contribution in [3.63, 3.8) is 0 Å². The van der Waals surface area contributed by atoms with E-state index in [2.05, 4.69) is 0 Å². The molecule has 0 spiro atoms. The highest BCUT2D eigenvalue weighted by molar-refractivity contribution is 6.34. The smallest absolute Gasteiger partial charge is 0.268 e. The summed E-state index contributed by atoms with van der Waals surface area (Å²) < 4.78 is 1.79. The highest BCUT2D eigenvalue weighted by Crippen LogP contribution is 2.20. The molecule has 1 aromatic heterocycles. The van der Waals surface area contributed by atoms with E-state index in [1.165, 1.54) is 48.0 Å². The Bertz CT molecular complexity index is 1070. The van der Waals surface area contributed by atoms with Gasteiger partial charge in [-0.1, -0.05) is 41.4 Å². The standard InChI is InChI=1S/C18H12Cl2N2O3/c1-11-10-21(15-8-13(19)7-14(20)9-15)18(25)22(16(11)23)17(24)12-5-3-2-4-6-12/h2-10H,1H3. The Morgan fingerprint density at radius 3 is 2.16 bits per heavy atom. The Hall–Kier alpha value is -2.63. The molecule has 0 aliphatic heterocycles. The molecule has 0 unspecified atom stereocenters. The number of hydrogen-bond donors (Lipinski definition) is 0. The third kappa shape index (κ3) is 3.29. The van der Waals surface area contributed by atoms with Gasteiger partial charge in [0.25, 0.3) is 11.5 Å². The van der Waals surface area contributed by atoms with Gasteiger partial charge >= 0.3 is 5.69 Å². The Labute approximate surface area is 152 Å². The molecule has 0 saturated heterocycles. The minimum absolute atomic E-state index is 0.236. The Balaban J connectivity index is 2.28. The molecule has 0 fully saturated rings. The van der Waals surface area contributed by atoms with Gasteiger partial charge < -0.3 is 0 Å². The van der Waals surface area contributed by atoms with Crippen LogP contribution >= 0.6 is 23.2 Å². The van der Waals surface area contributed by atoms with Gasteiger partial charge in [-0.25, -0.2) is 4.79 Å². The molecule has 7 heteroatoms. The fraction of sp³-hybridized carbons (Fsp3) is 0.0556. The van der Waals surface area contributed by atoms with Crippen molar-refractivity contribution in [1.29, 1.82) is 0 Å². The highest BCUT2D eigenvalue weighted by Gasteiger charge is 2.18. The molecule has 0 amide bonds. The summed E-state index contributed by atoms with van der Waals surface area (Å²) in [6.07, 6.45) is 1.36. The second kappa shape index (κ2) is 6.70. The van der Waals surface area contributed by atoms with Crippen molar-refractivity contribution in [2.24, 2.45) is 0 Å². The van der Waals surface area contributed by atoms with Crippen molar-refractivity contribution >= 4 is 29.1 Å². The number of aromatic nitrogens is 2. The fourth-order valence-electron chi connectivity index (χ4n) is 2.43. The minimum Gasteiger partial charge on any atom is -0.268 e. The van der Waals surface area contributed by atoms with Crippen LogP contribution in [0.4, 0.5) is 0 Å². The van der Waals surface area contributed by atoms with Crippen molar-refractivity contribution < 1.29 is 4.79 Å². The van der Waals surface area contributed by atoms with Crippen LogP contribution in [-0.4, -0.2) is 15.0 Å². The first kappa shape index (κ1) is 17.2. The molecule has 25 heavy (non-hydrogen) atoms. The first-order valence-corrected chi connectivity index (χ1v) is 8.05. The molecule has 0 bridgehead atoms. The number of halogens is 2. The van der Waals surface area contributed by atoms with Crippen LogP contribution in [0, 0.1) is 6.92 Å². The van der Waals surface area contributed by atoms with Gasteiger partial charge in [-0.2, -0.15) is 4.57 Å². The van der Waals surface area contributed by atoms with Gasteiger partial charge in [0, 0.05) is 27.4 Å². The molecule has 5 nitrogen and oxygen atoms in total. The molecule has 126 valence electrons. The predicted octanol–water partition coefficient (Wildman–Crippen LogP) is 3.30. The highest BCUT2D eigenvalue weighted by atomic mass is 35.5. The molecule has 0 aliphatic rings. The predicted molar refractivity (Wildman–Crippen MR) is 97.2 cm³/mol. The summed E-state index contributed by atoms with van der Waals surface area (Å²) in [7, 11) is 0. The van der Waals surface area contributed by atoms with Crippen molar-refractivity contribution in [3.8, 4) is 5.69 Å². The number of benzene rings is 2. The second-order valence-electron chi connectivity index (χ2n) is 5.40. The molecule has 1 heterocycles. The molecule has 2 aromatic carbocycles. The molecular weight excluding hydrogens is 363 g/mol. The van der Waals surface area contributed by atoms with Crippen LogP contribution in [0.5, 0.6) is 0 Å². The van der Waals surface area contributed by atoms with Crippen molar-refractivity contribution in [3.05, 3.63) is 96.7 Å². The third-order valence-electron chi connectivity index (χ3n) is 3.61. The summed E-state index contributed by atoms with van der Waals surface area (Å²) in [5.74, 6) is -0.693. The summed E-state index contributed by atoms with van der Waals surface area (Å²) in [6.45, 7) is 1.53. The van der Waals surface area contributed by atoms with Gasteiger partial charge in [0.2, 0.25) is 0 Å². The Kier molecular flexibility index (Phi) is 4.61. The average molecular weight is 375 g/mol. The monoisotopic (exact) mass is 374 g/mol. The lowest BCUT2D eigenvalue weighted by atomic mass is 10.2. The van der Waals surface area contributed by atoms with E-state index in [0.29, 0.717) is 20.3 Å². The fourth-order valence-corrected chi connectivity index (χ4v) is 2.94.